The van der Waals surface area contributed by atoms with Gasteiger partial charge in [-0.2, -0.15) is 0 Å². The number of nitro benzene ring substituents is 1. The number of ether oxygens (including phenoxy) is 1. The summed E-state index contributed by atoms with van der Waals surface area (Å²) in [7, 11) is 0. The topological polar surface area (TPSA) is 177 Å². The largest absolute Gasteiger partial charge is 0.444 e. The van der Waals surface area contributed by atoms with Crippen molar-refractivity contribution in [3.05, 3.63) is 63.7 Å². The van der Waals surface area contributed by atoms with E-state index < -0.39 is 46.8 Å². The highest BCUT2D eigenvalue weighted by molar-refractivity contribution is 6.23. The fourth-order valence-electron chi connectivity index (χ4n) is 3.38. The van der Waals surface area contributed by atoms with Crippen molar-refractivity contribution in [1.82, 2.24) is 10.2 Å². The van der Waals surface area contributed by atoms with Crippen molar-refractivity contribution in [2.75, 3.05) is 23.7 Å². The molecule has 0 unspecified atom stereocenters. The van der Waals surface area contributed by atoms with E-state index in [9.17, 15) is 34.1 Å². The van der Waals surface area contributed by atoms with Gasteiger partial charge in [-0.25, -0.2) is 4.79 Å². The first-order valence-corrected chi connectivity index (χ1v) is 11.2. The van der Waals surface area contributed by atoms with Gasteiger partial charge >= 0.3 is 6.09 Å². The number of hydrogen-bond donors (Lipinski definition) is 3. The van der Waals surface area contributed by atoms with Crippen LogP contribution in [-0.2, 0) is 14.3 Å². The second kappa shape index (κ2) is 10.8. The van der Waals surface area contributed by atoms with Gasteiger partial charge in [0.05, 0.1) is 27.4 Å². The summed E-state index contributed by atoms with van der Waals surface area (Å²) in [6.45, 7) is 4.52. The third-order valence-corrected chi connectivity index (χ3v) is 4.96. The number of rotatable bonds is 8. The first-order chi connectivity index (χ1) is 17.4. The van der Waals surface area contributed by atoms with Gasteiger partial charge in [0.15, 0.2) is 0 Å². The fourth-order valence-corrected chi connectivity index (χ4v) is 3.38. The number of alkyl carbamates (subject to hydrolysis) is 1. The van der Waals surface area contributed by atoms with Gasteiger partial charge in [-0.3, -0.25) is 34.2 Å². The maximum Gasteiger partial charge on any atom is 0.407 e. The molecule has 3 N–H and O–H groups in total. The standard InChI is InChI=1S/C24H25N5O8/c1-24(2,3)37-23(34)25-11-10-19(30)26-17-6-4-5-7-18(17)27-20(31)13-28-21(32)15-9-8-14(29(35)36)12-16(15)22(28)33/h4-9,12H,10-11,13H2,1-3H3,(H,25,34)(H,26,30)(H,27,31). The summed E-state index contributed by atoms with van der Waals surface area (Å²) in [6, 6.07) is 9.56. The van der Waals surface area contributed by atoms with Gasteiger partial charge in [-0.1, -0.05) is 12.1 Å². The van der Waals surface area contributed by atoms with E-state index in [0.717, 1.165) is 12.1 Å². The van der Waals surface area contributed by atoms with E-state index in [2.05, 4.69) is 16.0 Å². The average molecular weight is 511 g/mol. The van der Waals surface area contributed by atoms with Crippen molar-refractivity contribution >= 4 is 46.8 Å². The van der Waals surface area contributed by atoms with Crippen molar-refractivity contribution in [1.29, 1.82) is 0 Å². The number of anilines is 2. The lowest BCUT2D eigenvalue weighted by atomic mass is 10.1. The zero-order chi connectivity index (χ0) is 27.3. The fraction of sp³-hybridized carbons (Fsp3) is 0.292. The first kappa shape index (κ1) is 26.8. The molecule has 2 aromatic rings. The molecule has 5 amide bonds. The van der Waals surface area contributed by atoms with Crippen molar-refractivity contribution in [3.8, 4) is 0 Å². The molecular weight excluding hydrogens is 486 g/mol. The number of nitrogens with one attached hydrogen (secondary N) is 3. The second-order valence-corrected chi connectivity index (χ2v) is 9.00. The highest BCUT2D eigenvalue weighted by Crippen LogP contribution is 2.27. The van der Waals surface area contributed by atoms with Gasteiger partial charge in [0.2, 0.25) is 11.8 Å². The summed E-state index contributed by atoms with van der Waals surface area (Å²) in [4.78, 5) is 72.8. The quantitative estimate of drug-likeness (QED) is 0.275. The number of imide groups is 1. The van der Waals surface area contributed by atoms with Crippen LogP contribution in [-0.4, -0.2) is 58.2 Å². The Kier molecular flexibility index (Phi) is 7.85. The molecule has 194 valence electrons. The lowest BCUT2D eigenvalue weighted by molar-refractivity contribution is -0.384. The number of non-ortho nitro benzene ring substituents is 1. The zero-order valence-corrected chi connectivity index (χ0v) is 20.3. The number of amides is 5. The van der Waals surface area contributed by atoms with Crippen LogP contribution in [0.4, 0.5) is 21.9 Å². The molecule has 0 aromatic heterocycles. The van der Waals surface area contributed by atoms with Crippen LogP contribution >= 0.6 is 0 Å². The van der Waals surface area contributed by atoms with E-state index in [-0.39, 0.29) is 41.2 Å². The van der Waals surface area contributed by atoms with Crippen LogP contribution < -0.4 is 16.0 Å². The van der Waals surface area contributed by atoms with Crippen LogP contribution in [0.5, 0.6) is 0 Å². The molecule has 0 atom stereocenters. The predicted molar refractivity (Wildman–Crippen MR) is 131 cm³/mol. The third-order valence-electron chi connectivity index (χ3n) is 4.96. The molecule has 0 saturated heterocycles. The Balaban J connectivity index is 1.58. The molecule has 13 nitrogen and oxygen atoms in total. The Bertz CT molecular complexity index is 1280. The Morgan fingerprint density at radius 2 is 1.54 bits per heavy atom. The molecular formula is C24H25N5O8. The molecule has 0 spiro atoms. The number of nitrogens with zero attached hydrogens (tertiary/aromatic N) is 2. The SMILES string of the molecule is CC(C)(C)OC(=O)NCCC(=O)Nc1ccccc1NC(=O)CN1C(=O)c2ccc([N+](=O)[O-])cc2C1=O. The van der Waals surface area contributed by atoms with Crippen molar-refractivity contribution < 1.29 is 33.6 Å². The molecule has 0 fully saturated rings. The number of hydrogen-bond acceptors (Lipinski definition) is 8. The minimum absolute atomic E-state index is 0.0210. The van der Waals surface area contributed by atoms with Gasteiger partial charge in [0.25, 0.3) is 17.5 Å². The minimum atomic E-state index is -0.821. The van der Waals surface area contributed by atoms with E-state index in [1.807, 2.05) is 0 Å². The van der Waals surface area contributed by atoms with Crippen LogP contribution in [0, 0.1) is 10.1 Å². The number of benzene rings is 2. The number of carbonyl (C=O) groups is 5. The molecule has 2 aromatic carbocycles. The third kappa shape index (κ3) is 6.87. The smallest absolute Gasteiger partial charge is 0.407 e. The Morgan fingerprint density at radius 3 is 2.14 bits per heavy atom. The highest BCUT2D eigenvalue weighted by Gasteiger charge is 2.37. The van der Waals surface area contributed by atoms with E-state index >= 15 is 0 Å². The average Bonchev–Trinajstić information content (AvgIpc) is 3.03. The summed E-state index contributed by atoms with van der Waals surface area (Å²) in [5, 5.41) is 18.6. The molecule has 1 aliphatic heterocycles. The van der Waals surface area contributed by atoms with Crippen LogP contribution in [0.25, 0.3) is 0 Å². The normalized spacial score (nSPS) is 12.6. The summed E-state index contributed by atoms with van der Waals surface area (Å²) in [6.07, 6.45) is -0.724. The number of para-hydroxylation sites is 2. The van der Waals surface area contributed by atoms with E-state index in [4.69, 9.17) is 4.74 Å². The van der Waals surface area contributed by atoms with Crippen molar-refractivity contribution in [2.24, 2.45) is 0 Å². The molecule has 1 heterocycles. The predicted octanol–water partition coefficient (Wildman–Crippen LogP) is 2.68. The second-order valence-electron chi connectivity index (χ2n) is 9.00. The van der Waals surface area contributed by atoms with Gasteiger partial charge in [-0.15, -0.1) is 0 Å². The molecule has 1 aliphatic rings. The van der Waals surface area contributed by atoms with Crippen molar-refractivity contribution in [3.63, 3.8) is 0 Å². The molecule has 0 bridgehead atoms. The summed E-state index contributed by atoms with van der Waals surface area (Å²) < 4.78 is 5.10. The van der Waals surface area contributed by atoms with Crippen LogP contribution in [0.3, 0.4) is 0 Å². The summed E-state index contributed by atoms with van der Waals surface area (Å²) in [5.41, 5.74) is -0.730. The van der Waals surface area contributed by atoms with E-state index in [0.29, 0.717) is 4.90 Å². The van der Waals surface area contributed by atoms with E-state index in [1.54, 1.807) is 32.9 Å². The maximum absolute atomic E-state index is 12.6. The zero-order valence-electron chi connectivity index (χ0n) is 20.3. The van der Waals surface area contributed by atoms with Crippen LogP contribution in [0.15, 0.2) is 42.5 Å². The Hall–Kier alpha value is -4.81. The Morgan fingerprint density at radius 1 is 0.946 bits per heavy atom. The van der Waals surface area contributed by atoms with E-state index in [1.165, 1.54) is 18.2 Å². The van der Waals surface area contributed by atoms with Gasteiger partial charge in [0, 0.05) is 25.1 Å². The van der Waals surface area contributed by atoms with Gasteiger partial charge in [0.1, 0.15) is 12.1 Å². The first-order valence-electron chi connectivity index (χ1n) is 11.2. The monoisotopic (exact) mass is 511 g/mol. The molecule has 0 aliphatic carbocycles. The minimum Gasteiger partial charge on any atom is -0.444 e. The summed E-state index contributed by atoms with van der Waals surface area (Å²) in [5.74, 6) is -2.74. The highest BCUT2D eigenvalue weighted by atomic mass is 16.6. The van der Waals surface area contributed by atoms with Gasteiger partial charge < -0.3 is 20.7 Å². The molecule has 13 heteroatoms. The van der Waals surface area contributed by atoms with Crippen LogP contribution in [0.1, 0.15) is 47.9 Å². The van der Waals surface area contributed by atoms with Crippen molar-refractivity contribution in [2.45, 2.75) is 32.8 Å². The number of nitro groups is 1. The lowest BCUT2D eigenvalue weighted by Gasteiger charge is -2.19. The lowest BCUT2D eigenvalue weighted by Crippen LogP contribution is -2.37. The van der Waals surface area contributed by atoms with Crippen LogP contribution in [0.2, 0.25) is 0 Å². The van der Waals surface area contributed by atoms with Gasteiger partial charge in [-0.05, 0) is 39.0 Å². The summed E-state index contributed by atoms with van der Waals surface area (Å²) >= 11 is 0. The number of fused-ring (bicyclic) bond motifs is 1. The Labute approximate surface area is 211 Å². The molecule has 0 saturated carbocycles. The molecule has 3 rings (SSSR count). The molecule has 0 radical (unpaired) electrons. The number of carbonyl (C=O) groups excluding carboxylic acids is 5. The maximum atomic E-state index is 12.6. The molecule has 37 heavy (non-hydrogen) atoms.